The van der Waals surface area contributed by atoms with Crippen LogP contribution in [0.5, 0.6) is 0 Å². The van der Waals surface area contributed by atoms with E-state index in [2.05, 4.69) is 6.07 Å². The molecule has 0 fully saturated rings. The van der Waals surface area contributed by atoms with Crippen LogP contribution in [-0.4, -0.2) is 17.9 Å². The number of halogens is 1. The van der Waals surface area contributed by atoms with Crippen molar-refractivity contribution in [2.45, 2.75) is 26.3 Å². The van der Waals surface area contributed by atoms with Gasteiger partial charge in [0.15, 0.2) is 0 Å². The summed E-state index contributed by atoms with van der Waals surface area (Å²) in [6, 6.07) is 5.77. The molecule has 0 spiro atoms. The predicted molar refractivity (Wildman–Crippen MR) is 69.8 cm³/mol. The molecular formula is C12H15ClN2OS. The fraction of sp³-hybridized carbons (Fsp3) is 0.500. The summed E-state index contributed by atoms with van der Waals surface area (Å²) in [6.07, 6.45) is 1.45. The molecule has 92 valence electrons. The zero-order valence-electron chi connectivity index (χ0n) is 9.94. The first-order valence-corrected chi connectivity index (χ1v) is 6.66. The SMILES string of the molecule is CCCC(C#N)C(=O)N(C)Cc1ccc(Cl)s1. The van der Waals surface area contributed by atoms with Gasteiger partial charge >= 0.3 is 0 Å². The van der Waals surface area contributed by atoms with E-state index in [4.69, 9.17) is 16.9 Å². The highest BCUT2D eigenvalue weighted by Gasteiger charge is 2.21. The summed E-state index contributed by atoms with van der Waals surface area (Å²) in [5.74, 6) is -0.640. The zero-order valence-corrected chi connectivity index (χ0v) is 11.5. The van der Waals surface area contributed by atoms with Crippen LogP contribution in [0.15, 0.2) is 12.1 Å². The molecular weight excluding hydrogens is 256 g/mol. The number of nitrogens with zero attached hydrogens (tertiary/aromatic N) is 2. The molecule has 0 aromatic carbocycles. The van der Waals surface area contributed by atoms with Gasteiger partial charge in [0, 0.05) is 11.9 Å². The third kappa shape index (κ3) is 4.03. The minimum atomic E-state index is -0.527. The molecule has 1 aromatic rings. The van der Waals surface area contributed by atoms with Crippen LogP contribution < -0.4 is 0 Å². The third-order valence-corrected chi connectivity index (χ3v) is 3.65. The first-order valence-electron chi connectivity index (χ1n) is 5.47. The molecule has 0 aliphatic rings. The lowest BCUT2D eigenvalue weighted by Gasteiger charge is -2.19. The Morgan fingerprint density at radius 3 is 2.82 bits per heavy atom. The molecule has 1 atom stereocenters. The van der Waals surface area contributed by atoms with E-state index in [1.54, 1.807) is 11.9 Å². The highest BCUT2D eigenvalue weighted by molar-refractivity contribution is 7.16. The molecule has 3 nitrogen and oxygen atoms in total. The van der Waals surface area contributed by atoms with Crippen LogP contribution in [0.4, 0.5) is 0 Å². The van der Waals surface area contributed by atoms with Crippen molar-refractivity contribution in [1.82, 2.24) is 4.90 Å². The van der Waals surface area contributed by atoms with Crippen LogP contribution in [0.1, 0.15) is 24.6 Å². The number of hydrogen-bond acceptors (Lipinski definition) is 3. The van der Waals surface area contributed by atoms with Gasteiger partial charge in [0.05, 0.1) is 17.0 Å². The monoisotopic (exact) mass is 270 g/mol. The molecule has 17 heavy (non-hydrogen) atoms. The first-order chi connectivity index (χ1) is 8.08. The van der Waals surface area contributed by atoms with E-state index in [1.165, 1.54) is 11.3 Å². The van der Waals surface area contributed by atoms with Crippen molar-refractivity contribution in [3.63, 3.8) is 0 Å². The second-order valence-corrected chi connectivity index (χ2v) is 5.67. The summed E-state index contributed by atoms with van der Waals surface area (Å²) in [6.45, 7) is 2.48. The molecule has 0 bridgehead atoms. The van der Waals surface area contributed by atoms with Crippen molar-refractivity contribution < 1.29 is 4.79 Å². The van der Waals surface area contributed by atoms with Crippen molar-refractivity contribution >= 4 is 28.8 Å². The van der Waals surface area contributed by atoms with Crippen LogP contribution >= 0.6 is 22.9 Å². The van der Waals surface area contributed by atoms with E-state index in [0.29, 0.717) is 17.3 Å². The molecule has 1 unspecified atom stereocenters. The van der Waals surface area contributed by atoms with E-state index in [1.807, 2.05) is 19.1 Å². The van der Waals surface area contributed by atoms with Gasteiger partial charge in [-0.2, -0.15) is 5.26 Å². The van der Waals surface area contributed by atoms with Gasteiger partial charge in [-0.05, 0) is 18.6 Å². The maximum atomic E-state index is 12.0. The van der Waals surface area contributed by atoms with Gasteiger partial charge in [-0.25, -0.2) is 0 Å². The predicted octanol–water partition coefficient (Wildman–Crippen LogP) is 3.30. The van der Waals surface area contributed by atoms with E-state index in [9.17, 15) is 4.79 Å². The molecule has 0 saturated carbocycles. The summed E-state index contributed by atoms with van der Waals surface area (Å²) in [4.78, 5) is 14.6. The highest BCUT2D eigenvalue weighted by atomic mass is 35.5. The number of amides is 1. The van der Waals surface area contributed by atoms with Crippen molar-refractivity contribution in [2.24, 2.45) is 5.92 Å². The van der Waals surface area contributed by atoms with Gasteiger partial charge in [-0.3, -0.25) is 4.79 Å². The van der Waals surface area contributed by atoms with E-state index >= 15 is 0 Å². The Morgan fingerprint density at radius 2 is 2.35 bits per heavy atom. The minimum absolute atomic E-state index is 0.112. The Kier molecular flexibility index (Phi) is 5.46. The molecule has 0 N–H and O–H groups in total. The van der Waals surface area contributed by atoms with Crippen LogP contribution in [0.2, 0.25) is 4.34 Å². The van der Waals surface area contributed by atoms with Crippen molar-refractivity contribution in [3.8, 4) is 6.07 Å². The average Bonchev–Trinajstić information content (AvgIpc) is 2.70. The molecule has 5 heteroatoms. The molecule has 1 heterocycles. The van der Waals surface area contributed by atoms with E-state index in [0.717, 1.165) is 11.3 Å². The Morgan fingerprint density at radius 1 is 1.65 bits per heavy atom. The second-order valence-electron chi connectivity index (χ2n) is 3.87. The number of hydrogen-bond donors (Lipinski definition) is 0. The summed E-state index contributed by atoms with van der Waals surface area (Å²) in [5, 5.41) is 8.93. The summed E-state index contributed by atoms with van der Waals surface area (Å²) >= 11 is 7.28. The molecule has 0 radical (unpaired) electrons. The van der Waals surface area contributed by atoms with E-state index in [-0.39, 0.29) is 5.91 Å². The quantitative estimate of drug-likeness (QED) is 0.824. The van der Waals surface area contributed by atoms with Crippen LogP contribution in [0.25, 0.3) is 0 Å². The average molecular weight is 271 g/mol. The normalized spacial score (nSPS) is 11.9. The number of rotatable bonds is 5. The number of nitriles is 1. The van der Waals surface area contributed by atoms with Gasteiger partial charge in [-0.1, -0.05) is 24.9 Å². The Bertz CT molecular complexity index is 424. The smallest absolute Gasteiger partial charge is 0.239 e. The molecule has 1 aromatic heterocycles. The third-order valence-electron chi connectivity index (χ3n) is 2.43. The Hall–Kier alpha value is -1.05. The van der Waals surface area contributed by atoms with Gasteiger partial charge in [-0.15, -0.1) is 11.3 Å². The standard InChI is InChI=1S/C12H15ClN2OS/c1-3-4-9(7-14)12(16)15(2)8-10-5-6-11(13)17-10/h5-6,9H,3-4,8H2,1-2H3. The number of carbonyl (C=O) groups excluding carboxylic acids is 1. The lowest BCUT2D eigenvalue weighted by atomic mass is 10.0. The lowest BCUT2D eigenvalue weighted by Crippen LogP contribution is -2.31. The van der Waals surface area contributed by atoms with Gasteiger partial charge in [0.1, 0.15) is 5.92 Å². The fourth-order valence-corrected chi connectivity index (χ4v) is 2.69. The van der Waals surface area contributed by atoms with Crippen LogP contribution in [-0.2, 0) is 11.3 Å². The molecule has 0 aliphatic heterocycles. The summed E-state index contributed by atoms with van der Waals surface area (Å²) in [7, 11) is 1.72. The topological polar surface area (TPSA) is 44.1 Å². The summed E-state index contributed by atoms with van der Waals surface area (Å²) < 4.78 is 0.714. The Labute approximate surface area is 111 Å². The molecule has 0 aliphatic carbocycles. The second kappa shape index (κ2) is 6.63. The maximum absolute atomic E-state index is 12.0. The van der Waals surface area contributed by atoms with Gasteiger partial charge in [0.2, 0.25) is 5.91 Å². The summed E-state index contributed by atoms with van der Waals surface area (Å²) in [5.41, 5.74) is 0. The number of thiophene rings is 1. The minimum Gasteiger partial charge on any atom is -0.339 e. The number of carbonyl (C=O) groups is 1. The molecule has 1 amide bonds. The van der Waals surface area contributed by atoms with E-state index < -0.39 is 5.92 Å². The van der Waals surface area contributed by atoms with Crippen LogP contribution in [0.3, 0.4) is 0 Å². The Balaban J connectivity index is 2.60. The first kappa shape index (κ1) is 14.0. The van der Waals surface area contributed by atoms with Gasteiger partial charge in [0.25, 0.3) is 0 Å². The maximum Gasteiger partial charge on any atom is 0.239 e. The van der Waals surface area contributed by atoms with Crippen molar-refractivity contribution in [1.29, 1.82) is 5.26 Å². The zero-order chi connectivity index (χ0) is 12.8. The molecule has 0 saturated heterocycles. The van der Waals surface area contributed by atoms with Crippen molar-refractivity contribution in [3.05, 3.63) is 21.3 Å². The highest BCUT2D eigenvalue weighted by Crippen LogP contribution is 2.23. The van der Waals surface area contributed by atoms with Crippen molar-refractivity contribution in [2.75, 3.05) is 7.05 Å². The van der Waals surface area contributed by atoms with Crippen LogP contribution in [0, 0.1) is 17.2 Å². The molecule has 1 rings (SSSR count). The fourth-order valence-electron chi connectivity index (χ4n) is 1.55. The van der Waals surface area contributed by atoms with Gasteiger partial charge < -0.3 is 4.90 Å². The lowest BCUT2D eigenvalue weighted by molar-refractivity contribution is -0.133. The largest absolute Gasteiger partial charge is 0.339 e.